The van der Waals surface area contributed by atoms with Gasteiger partial charge in [0, 0.05) is 27.6 Å². The van der Waals surface area contributed by atoms with Crippen molar-refractivity contribution >= 4 is 41.1 Å². The standard InChI is InChI=1S/C25H21Cl2NO3/c26-18-12-13-22-20(15-18)24(19-9-4-5-10-21(19)27)31-23(11-6-14-29)25(30)28(22)16-17-7-2-1-3-8-17/h1-5,7-10,12-15,23-24H,6,11,16H2/t23-,24-/m0/s1. The van der Waals surface area contributed by atoms with Crippen molar-refractivity contribution in [2.75, 3.05) is 4.90 Å². The zero-order valence-electron chi connectivity index (χ0n) is 16.7. The van der Waals surface area contributed by atoms with Gasteiger partial charge in [-0.15, -0.1) is 0 Å². The highest BCUT2D eigenvalue weighted by molar-refractivity contribution is 6.31. The van der Waals surface area contributed by atoms with Gasteiger partial charge in [-0.1, -0.05) is 71.7 Å². The summed E-state index contributed by atoms with van der Waals surface area (Å²) in [6, 6.07) is 22.6. The third kappa shape index (κ3) is 4.67. The summed E-state index contributed by atoms with van der Waals surface area (Å²) in [5.74, 6) is -0.191. The van der Waals surface area contributed by atoms with Gasteiger partial charge in [0.15, 0.2) is 0 Å². The summed E-state index contributed by atoms with van der Waals surface area (Å²) in [6.45, 7) is 0.379. The molecule has 4 nitrogen and oxygen atoms in total. The summed E-state index contributed by atoms with van der Waals surface area (Å²) >= 11 is 12.9. The zero-order chi connectivity index (χ0) is 21.8. The summed E-state index contributed by atoms with van der Waals surface area (Å²) in [4.78, 5) is 26.4. The number of hydrogen-bond donors (Lipinski definition) is 0. The normalized spacial score (nSPS) is 18.4. The molecule has 6 heteroatoms. The predicted molar refractivity (Wildman–Crippen MR) is 123 cm³/mol. The van der Waals surface area contributed by atoms with Crippen LogP contribution in [-0.2, 0) is 20.9 Å². The molecule has 4 rings (SSSR count). The molecule has 0 saturated heterocycles. The van der Waals surface area contributed by atoms with E-state index in [4.69, 9.17) is 27.9 Å². The van der Waals surface area contributed by atoms with Crippen molar-refractivity contribution in [3.05, 3.63) is 99.5 Å². The van der Waals surface area contributed by atoms with Gasteiger partial charge in [-0.25, -0.2) is 0 Å². The van der Waals surface area contributed by atoms with E-state index in [1.807, 2.05) is 60.7 Å². The molecular formula is C25H21Cl2NO3. The molecule has 0 saturated carbocycles. The Morgan fingerprint density at radius 1 is 0.935 bits per heavy atom. The molecule has 3 aromatic carbocycles. The zero-order valence-corrected chi connectivity index (χ0v) is 18.2. The Bertz CT molecular complexity index is 1090. The highest BCUT2D eigenvalue weighted by Gasteiger charge is 2.37. The third-order valence-electron chi connectivity index (χ3n) is 5.32. The molecule has 0 fully saturated rings. The number of ether oxygens (including phenoxy) is 1. The minimum Gasteiger partial charge on any atom is -0.356 e. The highest BCUT2D eigenvalue weighted by atomic mass is 35.5. The lowest BCUT2D eigenvalue weighted by Crippen LogP contribution is -2.39. The molecule has 158 valence electrons. The van der Waals surface area contributed by atoms with Gasteiger partial charge in [0.2, 0.25) is 0 Å². The van der Waals surface area contributed by atoms with Crippen LogP contribution in [0.3, 0.4) is 0 Å². The smallest absolute Gasteiger partial charge is 0.256 e. The topological polar surface area (TPSA) is 46.6 Å². The van der Waals surface area contributed by atoms with Crippen molar-refractivity contribution < 1.29 is 14.3 Å². The van der Waals surface area contributed by atoms with Crippen LogP contribution in [0.4, 0.5) is 5.69 Å². The lowest BCUT2D eigenvalue weighted by molar-refractivity contribution is -0.132. The van der Waals surface area contributed by atoms with Crippen LogP contribution in [0.1, 0.15) is 35.6 Å². The van der Waals surface area contributed by atoms with Gasteiger partial charge in [-0.2, -0.15) is 0 Å². The van der Waals surface area contributed by atoms with Crippen molar-refractivity contribution in [3.63, 3.8) is 0 Å². The molecule has 0 N–H and O–H groups in total. The fourth-order valence-electron chi connectivity index (χ4n) is 3.84. The van der Waals surface area contributed by atoms with E-state index >= 15 is 0 Å². The molecule has 0 bridgehead atoms. The van der Waals surface area contributed by atoms with Gasteiger partial charge in [0.25, 0.3) is 5.91 Å². The number of halogens is 2. The first-order chi connectivity index (χ1) is 15.1. The van der Waals surface area contributed by atoms with Gasteiger partial charge >= 0.3 is 0 Å². The van der Waals surface area contributed by atoms with Crippen molar-refractivity contribution in [2.24, 2.45) is 0 Å². The van der Waals surface area contributed by atoms with E-state index in [0.29, 0.717) is 16.6 Å². The lowest BCUT2D eigenvalue weighted by Gasteiger charge is -2.25. The number of hydrogen-bond acceptors (Lipinski definition) is 3. The fraction of sp³-hybridized carbons (Fsp3) is 0.200. The quantitative estimate of drug-likeness (QED) is 0.430. The maximum absolute atomic E-state index is 13.6. The molecule has 0 radical (unpaired) electrons. The number of benzene rings is 3. The summed E-state index contributed by atoms with van der Waals surface area (Å²) < 4.78 is 6.35. The summed E-state index contributed by atoms with van der Waals surface area (Å²) in [6.07, 6.45) is -0.0689. The van der Waals surface area contributed by atoms with Crippen molar-refractivity contribution in [1.82, 2.24) is 0 Å². The number of carbonyl (C=O) groups excluding carboxylic acids is 2. The molecule has 1 aliphatic heterocycles. The Hall–Kier alpha value is -2.66. The lowest BCUT2D eigenvalue weighted by atomic mass is 9.99. The molecule has 1 aliphatic rings. The Balaban J connectivity index is 1.86. The number of nitrogens with zero attached hydrogens (tertiary/aromatic N) is 1. The van der Waals surface area contributed by atoms with Gasteiger partial charge in [0.05, 0.1) is 12.2 Å². The molecule has 1 amide bonds. The molecule has 31 heavy (non-hydrogen) atoms. The molecule has 1 heterocycles. The second-order valence-corrected chi connectivity index (χ2v) is 8.23. The molecule has 0 unspecified atom stereocenters. The Labute approximate surface area is 191 Å². The van der Waals surface area contributed by atoms with Crippen LogP contribution in [-0.4, -0.2) is 18.3 Å². The number of aldehydes is 1. The van der Waals surface area contributed by atoms with Crippen LogP contribution >= 0.6 is 23.2 Å². The average Bonchev–Trinajstić information content (AvgIpc) is 2.89. The van der Waals surface area contributed by atoms with Crippen molar-refractivity contribution in [2.45, 2.75) is 31.6 Å². The first kappa shape index (κ1) is 21.6. The van der Waals surface area contributed by atoms with Crippen molar-refractivity contribution in [3.8, 4) is 0 Å². The largest absolute Gasteiger partial charge is 0.356 e. The van der Waals surface area contributed by atoms with E-state index in [9.17, 15) is 9.59 Å². The maximum atomic E-state index is 13.6. The Morgan fingerprint density at radius 3 is 2.42 bits per heavy atom. The van der Waals surface area contributed by atoms with Crippen LogP contribution in [0.25, 0.3) is 0 Å². The van der Waals surface area contributed by atoms with Gasteiger partial charge in [-0.3, -0.25) is 4.79 Å². The summed E-state index contributed by atoms with van der Waals surface area (Å²) in [5, 5.41) is 1.08. The van der Waals surface area contributed by atoms with Gasteiger partial charge in [-0.05, 0) is 36.2 Å². The first-order valence-electron chi connectivity index (χ1n) is 10.1. The molecule has 2 atom stereocenters. The number of fused-ring (bicyclic) bond motifs is 1. The predicted octanol–water partition coefficient (Wildman–Crippen LogP) is 5.99. The van der Waals surface area contributed by atoms with Crippen LogP contribution in [0, 0.1) is 0 Å². The minimum absolute atomic E-state index is 0.191. The maximum Gasteiger partial charge on any atom is 0.256 e. The Kier molecular flexibility index (Phi) is 6.71. The van der Waals surface area contributed by atoms with Gasteiger partial charge < -0.3 is 14.4 Å². The number of rotatable bonds is 6. The van der Waals surface area contributed by atoms with Crippen LogP contribution in [0.2, 0.25) is 10.0 Å². The van der Waals surface area contributed by atoms with E-state index in [2.05, 4.69) is 0 Å². The van der Waals surface area contributed by atoms with Crippen molar-refractivity contribution in [1.29, 1.82) is 0 Å². The first-order valence-corrected chi connectivity index (χ1v) is 10.8. The number of amides is 1. The van der Waals surface area contributed by atoms with E-state index in [-0.39, 0.29) is 18.7 Å². The van der Waals surface area contributed by atoms with Crippen LogP contribution in [0.5, 0.6) is 0 Å². The van der Waals surface area contributed by atoms with E-state index in [0.717, 1.165) is 28.7 Å². The second-order valence-electron chi connectivity index (χ2n) is 7.38. The Morgan fingerprint density at radius 2 is 1.68 bits per heavy atom. The minimum atomic E-state index is -0.790. The van der Waals surface area contributed by atoms with E-state index in [1.54, 1.807) is 17.0 Å². The monoisotopic (exact) mass is 453 g/mol. The fourth-order valence-corrected chi connectivity index (χ4v) is 4.25. The average molecular weight is 454 g/mol. The molecule has 0 aromatic heterocycles. The van der Waals surface area contributed by atoms with Crippen LogP contribution < -0.4 is 4.90 Å². The molecule has 0 spiro atoms. The summed E-state index contributed by atoms with van der Waals surface area (Å²) in [5.41, 5.74) is 3.22. The SMILES string of the molecule is O=CCC[C@@H]1O[C@@H](c2ccccc2Cl)c2cc(Cl)ccc2N(Cc2ccccc2)C1=O. The molecular weight excluding hydrogens is 433 g/mol. The summed E-state index contributed by atoms with van der Waals surface area (Å²) in [7, 11) is 0. The van der Waals surface area contributed by atoms with Crippen LogP contribution in [0.15, 0.2) is 72.8 Å². The third-order valence-corrected chi connectivity index (χ3v) is 5.90. The van der Waals surface area contributed by atoms with Gasteiger partial charge in [0.1, 0.15) is 18.5 Å². The number of carbonyl (C=O) groups is 2. The highest BCUT2D eigenvalue weighted by Crippen LogP contribution is 2.42. The molecule has 3 aromatic rings. The van der Waals surface area contributed by atoms with E-state index < -0.39 is 12.2 Å². The van der Waals surface area contributed by atoms with E-state index in [1.165, 1.54) is 0 Å². The molecule has 0 aliphatic carbocycles. The number of anilines is 1. The second kappa shape index (κ2) is 9.65.